The van der Waals surface area contributed by atoms with Gasteiger partial charge in [0, 0.05) is 22.5 Å². The van der Waals surface area contributed by atoms with Crippen LogP contribution < -0.4 is 10.5 Å². The molecular formula is C14H20BrNO. The molecule has 0 saturated heterocycles. The van der Waals surface area contributed by atoms with Crippen LogP contribution in [0.1, 0.15) is 45.2 Å². The average molecular weight is 298 g/mol. The van der Waals surface area contributed by atoms with Gasteiger partial charge in [-0.2, -0.15) is 0 Å². The minimum atomic E-state index is -0.138. The molecular weight excluding hydrogens is 278 g/mol. The molecule has 1 aromatic carbocycles. The van der Waals surface area contributed by atoms with Crippen LogP contribution in [0.25, 0.3) is 0 Å². The maximum atomic E-state index is 6.25. The Hall–Kier alpha value is -0.540. The van der Waals surface area contributed by atoms with Gasteiger partial charge in [-0.3, -0.25) is 0 Å². The number of fused-ring (bicyclic) bond motifs is 1. The first-order valence-electron chi connectivity index (χ1n) is 6.14. The van der Waals surface area contributed by atoms with Crippen molar-refractivity contribution in [3.05, 3.63) is 28.2 Å². The molecule has 94 valence electrons. The van der Waals surface area contributed by atoms with E-state index in [4.69, 9.17) is 10.5 Å². The van der Waals surface area contributed by atoms with E-state index in [1.54, 1.807) is 0 Å². The average Bonchev–Trinajstić information content (AvgIpc) is 2.13. The Bertz CT molecular complexity index is 419. The molecule has 1 heterocycles. The summed E-state index contributed by atoms with van der Waals surface area (Å²) in [6.45, 7) is 6.60. The van der Waals surface area contributed by atoms with Crippen LogP contribution in [-0.2, 0) is 0 Å². The summed E-state index contributed by atoms with van der Waals surface area (Å²) >= 11 is 3.48. The molecule has 0 aromatic heterocycles. The van der Waals surface area contributed by atoms with Gasteiger partial charge in [0.15, 0.2) is 0 Å². The van der Waals surface area contributed by atoms with E-state index in [1.807, 2.05) is 12.1 Å². The molecule has 0 spiro atoms. The highest BCUT2D eigenvalue weighted by Gasteiger charge is 2.36. The smallest absolute Gasteiger partial charge is 0.126 e. The largest absolute Gasteiger partial charge is 0.487 e. The van der Waals surface area contributed by atoms with Gasteiger partial charge in [-0.1, -0.05) is 35.8 Å². The van der Waals surface area contributed by atoms with Crippen LogP contribution in [0, 0.1) is 5.92 Å². The predicted molar refractivity (Wildman–Crippen MR) is 74.2 cm³/mol. The Kier molecular flexibility index (Phi) is 3.50. The Balaban J connectivity index is 2.31. The normalized spacial score (nSPS) is 27.8. The first-order chi connectivity index (χ1) is 7.89. The van der Waals surface area contributed by atoms with Gasteiger partial charge < -0.3 is 10.5 Å². The van der Waals surface area contributed by atoms with Gasteiger partial charge >= 0.3 is 0 Å². The van der Waals surface area contributed by atoms with Crippen LogP contribution in [0.4, 0.5) is 0 Å². The summed E-state index contributed by atoms with van der Waals surface area (Å²) in [6, 6.07) is 6.18. The Morgan fingerprint density at radius 3 is 2.88 bits per heavy atom. The van der Waals surface area contributed by atoms with E-state index in [9.17, 15) is 0 Å². The van der Waals surface area contributed by atoms with Crippen LogP contribution in [0.5, 0.6) is 5.75 Å². The molecule has 17 heavy (non-hydrogen) atoms. The number of hydrogen-bond acceptors (Lipinski definition) is 2. The Morgan fingerprint density at radius 2 is 2.24 bits per heavy atom. The zero-order chi connectivity index (χ0) is 12.6. The first kappa shape index (κ1) is 12.9. The zero-order valence-corrected chi connectivity index (χ0v) is 12.3. The molecule has 2 N–H and O–H groups in total. The van der Waals surface area contributed by atoms with Gasteiger partial charge in [0.1, 0.15) is 11.4 Å². The van der Waals surface area contributed by atoms with E-state index in [0.717, 1.165) is 28.6 Å². The van der Waals surface area contributed by atoms with Crippen molar-refractivity contribution >= 4 is 15.9 Å². The van der Waals surface area contributed by atoms with E-state index < -0.39 is 0 Å². The summed E-state index contributed by atoms with van der Waals surface area (Å²) in [5.41, 5.74) is 7.23. The van der Waals surface area contributed by atoms with E-state index in [2.05, 4.69) is 42.8 Å². The third-order valence-electron chi connectivity index (χ3n) is 3.22. The highest BCUT2D eigenvalue weighted by molar-refractivity contribution is 9.10. The van der Waals surface area contributed by atoms with Crippen molar-refractivity contribution in [3.8, 4) is 5.75 Å². The third-order valence-corrected chi connectivity index (χ3v) is 3.72. The number of hydrogen-bond donors (Lipinski definition) is 1. The minimum absolute atomic E-state index is 0.0793. The molecule has 2 rings (SSSR count). The van der Waals surface area contributed by atoms with Crippen molar-refractivity contribution in [1.82, 2.24) is 0 Å². The lowest BCUT2D eigenvalue weighted by Crippen LogP contribution is -2.41. The zero-order valence-electron chi connectivity index (χ0n) is 10.7. The molecule has 0 bridgehead atoms. The van der Waals surface area contributed by atoms with Crippen LogP contribution in [-0.4, -0.2) is 5.60 Å². The summed E-state index contributed by atoms with van der Waals surface area (Å²) in [7, 11) is 0. The van der Waals surface area contributed by atoms with E-state index in [1.165, 1.54) is 0 Å². The third kappa shape index (κ3) is 2.83. The summed E-state index contributed by atoms with van der Waals surface area (Å²) < 4.78 is 7.21. The van der Waals surface area contributed by atoms with Gasteiger partial charge in [-0.15, -0.1) is 0 Å². The first-order valence-corrected chi connectivity index (χ1v) is 6.93. The van der Waals surface area contributed by atoms with Gasteiger partial charge in [0.2, 0.25) is 0 Å². The van der Waals surface area contributed by atoms with Crippen molar-refractivity contribution in [2.75, 3.05) is 0 Å². The minimum Gasteiger partial charge on any atom is -0.487 e. The second-order valence-corrected chi connectivity index (χ2v) is 6.56. The standard InChI is InChI=1S/C14H20BrNO/c1-9(2)7-14(3)8-12(16)11-5-4-10(15)6-13(11)17-14/h4-6,9,12H,7-8,16H2,1-3H3/t12-,14?/m1/s1. The number of rotatable bonds is 2. The Labute approximate surface area is 112 Å². The fourth-order valence-electron chi connectivity index (χ4n) is 2.77. The monoisotopic (exact) mass is 297 g/mol. The molecule has 0 saturated carbocycles. The van der Waals surface area contributed by atoms with E-state index >= 15 is 0 Å². The molecule has 1 unspecified atom stereocenters. The molecule has 2 atom stereocenters. The quantitative estimate of drug-likeness (QED) is 0.894. The maximum absolute atomic E-state index is 6.25. The van der Waals surface area contributed by atoms with Crippen LogP contribution in [0.2, 0.25) is 0 Å². The topological polar surface area (TPSA) is 35.2 Å². The molecule has 1 aromatic rings. The van der Waals surface area contributed by atoms with Crippen molar-refractivity contribution in [2.24, 2.45) is 11.7 Å². The fraction of sp³-hybridized carbons (Fsp3) is 0.571. The number of halogens is 1. The molecule has 1 aliphatic rings. The lowest BCUT2D eigenvalue weighted by Gasteiger charge is -2.40. The SMILES string of the molecule is CC(C)CC1(C)C[C@@H](N)c2ccc(Br)cc2O1. The molecule has 0 amide bonds. The number of benzene rings is 1. The summed E-state index contributed by atoms with van der Waals surface area (Å²) in [5.74, 6) is 1.54. The number of ether oxygens (including phenoxy) is 1. The lowest BCUT2D eigenvalue weighted by atomic mass is 9.83. The van der Waals surface area contributed by atoms with Gasteiger partial charge in [-0.05, 0) is 31.4 Å². The molecule has 0 aliphatic carbocycles. The predicted octanol–water partition coefficient (Wildman–Crippen LogP) is 4.04. The lowest BCUT2D eigenvalue weighted by molar-refractivity contribution is 0.0340. The molecule has 0 radical (unpaired) electrons. The Morgan fingerprint density at radius 1 is 1.53 bits per heavy atom. The van der Waals surface area contributed by atoms with E-state index in [-0.39, 0.29) is 11.6 Å². The van der Waals surface area contributed by atoms with Gasteiger partial charge in [0.25, 0.3) is 0 Å². The van der Waals surface area contributed by atoms with Crippen LogP contribution >= 0.6 is 15.9 Å². The number of nitrogens with two attached hydrogens (primary N) is 1. The van der Waals surface area contributed by atoms with E-state index in [0.29, 0.717) is 5.92 Å². The van der Waals surface area contributed by atoms with Gasteiger partial charge in [-0.25, -0.2) is 0 Å². The summed E-state index contributed by atoms with van der Waals surface area (Å²) in [6.07, 6.45) is 1.92. The van der Waals surface area contributed by atoms with Gasteiger partial charge in [0.05, 0.1) is 0 Å². The van der Waals surface area contributed by atoms with Crippen LogP contribution in [0.3, 0.4) is 0 Å². The highest BCUT2D eigenvalue weighted by Crippen LogP contribution is 2.42. The molecule has 2 nitrogen and oxygen atoms in total. The van der Waals surface area contributed by atoms with Crippen molar-refractivity contribution in [3.63, 3.8) is 0 Å². The van der Waals surface area contributed by atoms with Crippen molar-refractivity contribution in [2.45, 2.75) is 45.3 Å². The maximum Gasteiger partial charge on any atom is 0.126 e. The summed E-state index contributed by atoms with van der Waals surface area (Å²) in [5, 5.41) is 0. The summed E-state index contributed by atoms with van der Waals surface area (Å²) in [4.78, 5) is 0. The highest BCUT2D eigenvalue weighted by atomic mass is 79.9. The molecule has 1 aliphatic heterocycles. The van der Waals surface area contributed by atoms with Crippen molar-refractivity contribution < 1.29 is 4.74 Å². The van der Waals surface area contributed by atoms with Crippen LogP contribution in [0.15, 0.2) is 22.7 Å². The second kappa shape index (κ2) is 4.62. The fourth-order valence-corrected chi connectivity index (χ4v) is 3.11. The molecule has 0 fully saturated rings. The molecule has 3 heteroatoms. The van der Waals surface area contributed by atoms with Crippen molar-refractivity contribution in [1.29, 1.82) is 0 Å². The second-order valence-electron chi connectivity index (χ2n) is 5.64.